The highest BCUT2D eigenvalue weighted by Gasteiger charge is 2.31. The maximum atomic E-state index is 12.8. The largest absolute Gasteiger partial charge is 0.416 e. The molecule has 0 bridgehead atoms. The van der Waals surface area contributed by atoms with Crippen LogP contribution in [-0.4, -0.2) is 6.04 Å². The van der Waals surface area contributed by atoms with E-state index in [-0.39, 0.29) is 12.0 Å². The molecule has 1 aromatic rings. The smallest absolute Gasteiger partial charge is 0.381 e. The van der Waals surface area contributed by atoms with E-state index in [0.717, 1.165) is 49.8 Å². The standard InChI is InChI=1S/C16H19F3N2/c1-11-7-8-13(16(17,18)19)9-15(11)21-14-6-4-2-3-5-12(14)10-20/h7-9,12,14,21H,2-6H2,1H3. The number of nitriles is 1. The summed E-state index contributed by atoms with van der Waals surface area (Å²) in [6.45, 7) is 1.78. The second-order valence-corrected chi connectivity index (χ2v) is 5.65. The number of anilines is 1. The van der Waals surface area contributed by atoms with Gasteiger partial charge in [0.2, 0.25) is 0 Å². The van der Waals surface area contributed by atoms with E-state index < -0.39 is 11.7 Å². The maximum Gasteiger partial charge on any atom is 0.416 e. The van der Waals surface area contributed by atoms with Crippen LogP contribution in [0, 0.1) is 24.2 Å². The number of alkyl halides is 3. The molecule has 0 aliphatic heterocycles. The Labute approximate surface area is 123 Å². The van der Waals surface area contributed by atoms with Crippen LogP contribution < -0.4 is 5.32 Å². The highest BCUT2D eigenvalue weighted by Crippen LogP contribution is 2.33. The van der Waals surface area contributed by atoms with Crippen molar-refractivity contribution in [2.75, 3.05) is 5.32 Å². The van der Waals surface area contributed by atoms with Gasteiger partial charge in [0.05, 0.1) is 17.6 Å². The molecule has 2 rings (SSSR count). The van der Waals surface area contributed by atoms with E-state index in [2.05, 4.69) is 11.4 Å². The first-order valence-corrected chi connectivity index (χ1v) is 7.26. The summed E-state index contributed by atoms with van der Waals surface area (Å²) in [5, 5.41) is 12.4. The zero-order valence-electron chi connectivity index (χ0n) is 12.0. The summed E-state index contributed by atoms with van der Waals surface area (Å²) in [7, 11) is 0. The Morgan fingerprint density at radius 1 is 1.19 bits per heavy atom. The predicted molar refractivity (Wildman–Crippen MR) is 75.8 cm³/mol. The molecule has 5 heteroatoms. The van der Waals surface area contributed by atoms with Crippen molar-refractivity contribution in [3.8, 4) is 6.07 Å². The van der Waals surface area contributed by atoms with Crippen LogP contribution in [0.1, 0.15) is 43.2 Å². The summed E-state index contributed by atoms with van der Waals surface area (Å²) in [4.78, 5) is 0. The fourth-order valence-electron chi connectivity index (χ4n) is 2.79. The molecule has 1 aliphatic rings. The average Bonchev–Trinajstić information content (AvgIpc) is 2.65. The predicted octanol–water partition coefficient (Wildman–Crippen LogP) is 4.90. The molecule has 0 aromatic heterocycles. The highest BCUT2D eigenvalue weighted by molar-refractivity contribution is 5.54. The van der Waals surface area contributed by atoms with Gasteiger partial charge in [-0.05, 0) is 37.5 Å². The molecule has 1 aromatic carbocycles. The van der Waals surface area contributed by atoms with Gasteiger partial charge in [0, 0.05) is 11.7 Å². The van der Waals surface area contributed by atoms with Crippen molar-refractivity contribution < 1.29 is 13.2 Å². The van der Waals surface area contributed by atoms with E-state index >= 15 is 0 Å². The lowest BCUT2D eigenvalue weighted by Crippen LogP contribution is -2.27. The molecule has 114 valence electrons. The molecular formula is C16H19F3N2. The number of benzene rings is 1. The zero-order valence-corrected chi connectivity index (χ0v) is 12.0. The lowest BCUT2D eigenvalue weighted by Gasteiger charge is -2.24. The molecule has 0 radical (unpaired) electrons. The molecule has 21 heavy (non-hydrogen) atoms. The minimum Gasteiger partial charge on any atom is -0.381 e. The monoisotopic (exact) mass is 296 g/mol. The lowest BCUT2D eigenvalue weighted by molar-refractivity contribution is -0.137. The summed E-state index contributed by atoms with van der Waals surface area (Å²) >= 11 is 0. The van der Waals surface area contributed by atoms with Crippen molar-refractivity contribution in [3.63, 3.8) is 0 Å². The van der Waals surface area contributed by atoms with Crippen molar-refractivity contribution >= 4 is 5.69 Å². The van der Waals surface area contributed by atoms with Crippen molar-refractivity contribution in [3.05, 3.63) is 29.3 Å². The number of halogens is 3. The number of aryl methyl sites for hydroxylation is 1. The van der Waals surface area contributed by atoms with Gasteiger partial charge in [0.15, 0.2) is 0 Å². The molecule has 2 atom stereocenters. The minimum atomic E-state index is -4.35. The molecule has 2 unspecified atom stereocenters. The van der Waals surface area contributed by atoms with E-state index in [9.17, 15) is 18.4 Å². The molecule has 0 amide bonds. The second-order valence-electron chi connectivity index (χ2n) is 5.65. The molecule has 2 nitrogen and oxygen atoms in total. The number of rotatable bonds is 2. The van der Waals surface area contributed by atoms with Gasteiger partial charge in [-0.1, -0.05) is 25.3 Å². The molecule has 1 aliphatic carbocycles. The summed E-state index contributed by atoms with van der Waals surface area (Å²) in [6.07, 6.45) is 0.395. The Morgan fingerprint density at radius 3 is 2.57 bits per heavy atom. The summed E-state index contributed by atoms with van der Waals surface area (Å²) in [6, 6.07) is 5.94. The number of nitrogens with one attached hydrogen (secondary N) is 1. The van der Waals surface area contributed by atoms with Crippen LogP contribution in [0.3, 0.4) is 0 Å². The third kappa shape index (κ3) is 3.90. The molecule has 1 N–H and O–H groups in total. The Bertz CT molecular complexity index is 531. The van der Waals surface area contributed by atoms with E-state index in [1.807, 2.05) is 0 Å². The average molecular weight is 296 g/mol. The summed E-state index contributed by atoms with van der Waals surface area (Å²) in [5.41, 5.74) is 0.596. The molecule has 1 saturated carbocycles. The van der Waals surface area contributed by atoms with Gasteiger partial charge in [0.1, 0.15) is 0 Å². The Kier molecular flexibility index (Phi) is 4.76. The van der Waals surface area contributed by atoms with Crippen molar-refractivity contribution in [2.24, 2.45) is 5.92 Å². The fourth-order valence-corrected chi connectivity index (χ4v) is 2.79. The van der Waals surface area contributed by atoms with Gasteiger partial charge in [-0.2, -0.15) is 18.4 Å². The third-order valence-corrected chi connectivity index (χ3v) is 4.09. The van der Waals surface area contributed by atoms with Crippen LogP contribution in [0.2, 0.25) is 0 Å². The first kappa shape index (κ1) is 15.7. The van der Waals surface area contributed by atoms with E-state index in [0.29, 0.717) is 5.69 Å². The van der Waals surface area contributed by atoms with E-state index in [1.165, 1.54) is 6.07 Å². The van der Waals surface area contributed by atoms with Crippen LogP contribution in [0.5, 0.6) is 0 Å². The Morgan fingerprint density at radius 2 is 1.90 bits per heavy atom. The first-order chi connectivity index (χ1) is 9.91. The second kappa shape index (κ2) is 6.38. The van der Waals surface area contributed by atoms with Crippen LogP contribution >= 0.6 is 0 Å². The third-order valence-electron chi connectivity index (χ3n) is 4.09. The number of nitrogens with zero attached hydrogens (tertiary/aromatic N) is 1. The van der Waals surface area contributed by atoms with Crippen molar-refractivity contribution in [1.82, 2.24) is 0 Å². The first-order valence-electron chi connectivity index (χ1n) is 7.26. The SMILES string of the molecule is Cc1ccc(C(F)(F)F)cc1NC1CCCCCC1C#N. The lowest BCUT2D eigenvalue weighted by atomic mass is 9.95. The minimum absolute atomic E-state index is 0.0697. The fraction of sp³-hybridized carbons (Fsp3) is 0.562. The van der Waals surface area contributed by atoms with Crippen LogP contribution in [-0.2, 0) is 6.18 Å². The molecule has 0 saturated heterocycles. The molecule has 0 spiro atoms. The van der Waals surface area contributed by atoms with E-state index in [4.69, 9.17) is 0 Å². The van der Waals surface area contributed by atoms with Crippen LogP contribution in [0.15, 0.2) is 18.2 Å². The Balaban J connectivity index is 2.23. The van der Waals surface area contributed by atoms with Crippen LogP contribution in [0.4, 0.5) is 18.9 Å². The number of hydrogen-bond donors (Lipinski definition) is 1. The van der Waals surface area contributed by atoms with Crippen molar-refractivity contribution in [1.29, 1.82) is 5.26 Å². The maximum absolute atomic E-state index is 12.8. The summed E-state index contributed by atoms with van der Waals surface area (Å²) < 4.78 is 38.4. The molecule has 1 fully saturated rings. The van der Waals surface area contributed by atoms with Crippen molar-refractivity contribution in [2.45, 2.75) is 51.2 Å². The zero-order chi connectivity index (χ0) is 15.5. The molecular weight excluding hydrogens is 277 g/mol. The quantitative estimate of drug-likeness (QED) is 0.788. The van der Waals surface area contributed by atoms with Gasteiger partial charge >= 0.3 is 6.18 Å². The molecule has 0 heterocycles. The topological polar surface area (TPSA) is 35.8 Å². The summed E-state index contributed by atoms with van der Waals surface area (Å²) in [5.74, 6) is -0.138. The highest BCUT2D eigenvalue weighted by atomic mass is 19.4. The van der Waals surface area contributed by atoms with Gasteiger partial charge in [0.25, 0.3) is 0 Å². The normalized spacial score (nSPS) is 23.2. The van der Waals surface area contributed by atoms with Crippen LogP contribution in [0.25, 0.3) is 0 Å². The van der Waals surface area contributed by atoms with Gasteiger partial charge in [-0.15, -0.1) is 0 Å². The van der Waals surface area contributed by atoms with Gasteiger partial charge in [-0.3, -0.25) is 0 Å². The van der Waals surface area contributed by atoms with Gasteiger partial charge in [-0.25, -0.2) is 0 Å². The van der Waals surface area contributed by atoms with Gasteiger partial charge < -0.3 is 5.32 Å². The Hall–Kier alpha value is -1.70. The number of hydrogen-bond acceptors (Lipinski definition) is 2. The van der Waals surface area contributed by atoms with E-state index in [1.54, 1.807) is 6.92 Å².